The van der Waals surface area contributed by atoms with Crippen LogP contribution in [0.25, 0.3) is 6.08 Å². The van der Waals surface area contributed by atoms with Crippen LogP contribution in [0.4, 0.5) is 8.78 Å². The van der Waals surface area contributed by atoms with Crippen molar-refractivity contribution >= 4 is 23.3 Å². The lowest BCUT2D eigenvalue weighted by Crippen LogP contribution is -2.20. The summed E-state index contributed by atoms with van der Waals surface area (Å²) in [6.07, 6.45) is 2.69. The number of alkyl halides is 2. The molecule has 7 heteroatoms. The normalized spacial score (nSPS) is 11.0. The van der Waals surface area contributed by atoms with Crippen molar-refractivity contribution in [3.8, 4) is 11.5 Å². The van der Waals surface area contributed by atoms with Gasteiger partial charge in [-0.25, -0.2) is 0 Å². The summed E-state index contributed by atoms with van der Waals surface area (Å²) in [7, 11) is 1.36. The SMILES string of the molecule is COc1cccc(/C=C\C(=O)NCc2sccc2C)c1OC(F)F. The van der Waals surface area contributed by atoms with Crippen LogP contribution in [0.2, 0.25) is 0 Å². The van der Waals surface area contributed by atoms with E-state index in [1.807, 2.05) is 18.4 Å². The van der Waals surface area contributed by atoms with E-state index in [2.05, 4.69) is 10.1 Å². The fourth-order valence-electron chi connectivity index (χ4n) is 2.02. The Morgan fingerprint density at radius 1 is 1.38 bits per heavy atom. The predicted octanol–water partition coefficient (Wildman–Crippen LogP) is 4.00. The molecule has 0 aliphatic heterocycles. The summed E-state index contributed by atoms with van der Waals surface area (Å²) < 4.78 is 34.6. The number of methoxy groups -OCH3 is 1. The number of thiophene rings is 1. The predicted molar refractivity (Wildman–Crippen MR) is 89.6 cm³/mol. The van der Waals surface area contributed by atoms with E-state index in [1.165, 1.54) is 25.3 Å². The molecular formula is C17H17F2NO3S. The highest BCUT2D eigenvalue weighted by Gasteiger charge is 2.14. The molecule has 1 amide bonds. The van der Waals surface area contributed by atoms with Gasteiger partial charge in [0.2, 0.25) is 5.91 Å². The Hall–Kier alpha value is -2.41. The first-order chi connectivity index (χ1) is 11.5. The molecule has 1 aromatic heterocycles. The van der Waals surface area contributed by atoms with Gasteiger partial charge in [-0.05, 0) is 36.1 Å². The second kappa shape index (κ2) is 8.44. The van der Waals surface area contributed by atoms with Crippen LogP contribution < -0.4 is 14.8 Å². The number of carbonyl (C=O) groups is 1. The Bertz CT molecular complexity index is 728. The van der Waals surface area contributed by atoms with Crippen LogP contribution >= 0.6 is 11.3 Å². The van der Waals surface area contributed by atoms with Gasteiger partial charge in [0.1, 0.15) is 0 Å². The van der Waals surface area contributed by atoms with Gasteiger partial charge in [-0.2, -0.15) is 8.78 Å². The third kappa shape index (κ3) is 4.79. The largest absolute Gasteiger partial charge is 0.493 e. The number of halogens is 2. The highest BCUT2D eigenvalue weighted by molar-refractivity contribution is 7.10. The van der Waals surface area contributed by atoms with Crippen molar-refractivity contribution < 1.29 is 23.0 Å². The lowest BCUT2D eigenvalue weighted by Gasteiger charge is -2.12. The quantitative estimate of drug-likeness (QED) is 0.766. The molecule has 1 aromatic carbocycles. The van der Waals surface area contributed by atoms with Crippen molar-refractivity contribution in [1.29, 1.82) is 0 Å². The maximum Gasteiger partial charge on any atom is 0.387 e. The summed E-state index contributed by atoms with van der Waals surface area (Å²) in [4.78, 5) is 13.0. The van der Waals surface area contributed by atoms with Crippen LogP contribution in [0.5, 0.6) is 11.5 Å². The molecule has 1 heterocycles. The zero-order chi connectivity index (χ0) is 17.5. The van der Waals surface area contributed by atoms with E-state index in [4.69, 9.17) is 4.74 Å². The molecule has 2 rings (SSSR count). The van der Waals surface area contributed by atoms with Crippen molar-refractivity contribution in [2.75, 3.05) is 7.11 Å². The monoisotopic (exact) mass is 353 g/mol. The number of carbonyl (C=O) groups excluding carboxylic acids is 1. The van der Waals surface area contributed by atoms with Crippen molar-refractivity contribution in [3.63, 3.8) is 0 Å². The van der Waals surface area contributed by atoms with E-state index in [-0.39, 0.29) is 17.4 Å². The first-order valence-electron chi connectivity index (χ1n) is 7.12. The van der Waals surface area contributed by atoms with E-state index >= 15 is 0 Å². The van der Waals surface area contributed by atoms with Gasteiger partial charge >= 0.3 is 6.61 Å². The zero-order valence-electron chi connectivity index (χ0n) is 13.2. The van der Waals surface area contributed by atoms with Gasteiger partial charge in [0, 0.05) is 16.5 Å². The number of hydrogen-bond acceptors (Lipinski definition) is 4. The number of para-hydroxylation sites is 1. The Morgan fingerprint density at radius 2 is 2.17 bits per heavy atom. The van der Waals surface area contributed by atoms with Gasteiger partial charge in [0.05, 0.1) is 13.7 Å². The summed E-state index contributed by atoms with van der Waals surface area (Å²) in [6.45, 7) is -0.590. The number of hydrogen-bond donors (Lipinski definition) is 1. The van der Waals surface area contributed by atoms with Gasteiger partial charge in [-0.1, -0.05) is 12.1 Å². The average Bonchev–Trinajstić information content (AvgIpc) is 2.96. The highest BCUT2D eigenvalue weighted by Crippen LogP contribution is 2.33. The smallest absolute Gasteiger partial charge is 0.387 e. The number of ether oxygens (including phenoxy) is 2. The molecule has 0 atom stereocenters. The maximum absolute atomic E-state index is 12.6. The summed E-state index contributed by atoms with van der Waals surface area (Å²) >= 11 is 1.56. The molecule has 4 nitrogen and oxygen atoms in total. The number of amides is 1. The molecule has 0 spiro atoms. The van der Waals surface area contributed by atoms with Crippen LogP contribution in [0.3, 0.4) is 0 Å². The summed E-state index contributed by atoms with van der Waals surface area (Å²) in [5, 5.41) is 4.70. The molecule has 1 N–H and O–H groups in total. The molecule has 0 saturated heterocycles. The molecule has 0 aliphatic rings. The van der Waals surface area contributed by atoms with Crippen LogP contribution in [0.15, 0.2) is 35.7 Å². The van der Waals surface area contributed by atoms with Gasteiger partial charge in [0.25, 0.3) is 0 Å². The van der Waals surface area contributed by atoms with Crippen molar-refractivity contribution in [1.82, 2.24) is 5.32 Å². The molecule has 0 saturated carbocycles. The minimum Gasteiger partial charge on any atom is -0.493 e. The van der Waals surface area contributed by atoms with E-state index in [1.54, 1.807) is 23.5 Å². The molecule has 0 unspecified atom stereocenters. The molecule has 24 heavy (non-hydrogen) atoms. The Balaban J connectivity index is 2.07. The third-order valence-corrected chi connectivity index (χ3v) is 4.26. The van der Waals surface area contributed by atoms with Gasteiger partial charge in [-0.15, -0.1) is 11.3 Å². The first-order valence-corrected chi connectivity index (χ1v) is 8.00. The second-order valence-corrected chi connectivity index (χ2v) is 5.84. The summed E-state index contributed by atoms with van der Waals surface area (Å²) in [6, 6.07) is 6.68. The van der Waals surface area contributed by atoms with Crippen molar-refractivity contribution in [3.05, 3.63) is 51.7 Å². The molecule has 2 aromatic rings. The maximum atomic E-state index is 12.6. The average molecular weight is 353 g/mol. The molecule has 0 bridgehead atoms. The number of benzene rings is 1. The number of nitrogens with one attached hydrogen (secondary N) is 1. The van der Waals surface area contributed by atoms with E-state index in [0.717, 1.165) is 10.4 Å². The second-order valence-electron chi connectivity index (χ2n) is 4.84. The molecule has 0 aliphatic carbocycles. The summed E-state index contributed by atoms with van der Waals surface area (Å²) in [5.74, 6) is -0.256. The van der Waals surface area contributed by atoms with Gasteiger partial charge in [-0.3, -0.25) is 4.79 Å². The molecule has 0 radical (unpaired) electrons. The van der Waals surface area contributed by atoms with Gasteiger partial charge < -0.3 is 14.8 Å². The lowest BCUT2D eigenvalue weighted by molar-refractivity contribution is -0.116. The van der Waals surface area contributed by atoms with Crippen molar-refractivity contribution in [2.24, 2.45) is 0 Å². The lowest BCUT2D eigenvalue weighted by atomic mass is 10.1. The summed E-state index contributed by atoms with van der Waals surface area (Å²) in [5.41, 5.74) is 1.45. The third-order valence-electron chi connectivity index (χ3n) is 3.24. The van der Waals surface area contributed by atoms with Crippen LogP contribution in [0, 0.1) is 6.92 Å². The minimum atomic E-state index is -2.98. The van der Waals surface area contributed by atoms with E-state index in [0.29, 0.717) is 12.1 Å². The van der Waals surface area contributed by atoms with Crippen molar-refractivity contribution in [2.45, 2.75) is 20.1 Å². The van der Waals surface area contributed by atoms with Crippen LogP contribution in [-0.2, 0) is 11.3 Å². The Morgan fingerprint density at radius 3 is 2.79 bits per heavy atom. The standard InChI is InChI=1S/C17H17F2NO3S/c1-11-8-9-24-14(11)10-20-15(21)7-6-12-4-3-5-13(22-2)16(12)23-17(18)19/h3-9,17H,10H2,1-2H3,(H,20,21)/b7-6-. The Kier molecular flexibility index (Phi) is 6.31. The fraction of sp³-hybridized carbons (Fsp3) is 0.235. The van der Waals surface area contributed by atoms with Crippen LogP contribution in [-0.4, -0.2) is 19.6 Å². The van der Waals surface area contributed by atoms with E-state index < -0.39 is 6.61 Å². The molecular weight excluding hydrogens is 336 g/mol. The fourth-order valence-corrected chi connectivity index (χ4v) is 2.86. The van der Waals surface area contributed by atoms with E-state index in [9.17, 15) is 13.6 Å². The highest BCUT2D eigenvalue weighted by atomic mass is 32.1. The zero-order valence-corrected chi connectivity index (χ0v) is 14.0. The number of rotatable bonds is 7. The topological polar surface area (TPSA) is 47.6 Å². The van der Waals surface area contributed by atoms with Crippen LogP contribution in [0.1, 0.15) is 16.0 Å². The first kappa shape index (κ1) is 17.9. The minimum absolute atomic E-state index is 0.104. The Labute approximate surface area is 142 Å². The number of aryl methyl sites for hydroxylation is 1. The molecule has 128 valence electrons. The van der Waals surface area contributed by atoms with Gasteiger partial charge in [0.15, 0.2) is 11.5 Å². The molecule has 0 fully saturated rings.